The van der Waals surface area contributed by atoms with Crippen LogP contribution in [0.25, 0.3) is 16.5 Å². The van der Waals surface area contributed by atoms with Crippen LogP contribution in [0, 0.1) is 0 Å². The van der Waals surface area contributed by atoms with Crippen LogP contribution >= 0.6 is 0 Å². The van der Waals surface area contributed by atoms with Crippen molar-refractivity contribution in [2.24, 2.45) is 0 Å². The topological polar surface area (TPSA) is 51.1 Å². The van der Waals surface area contributed by atoms with Crippen LogP contribution in [0.3, 0.4) is 0 Å². The summed E-state index contributed by atoms with van der Waals surface area (Å²) in [5.41, 5.74) is 0.756. The standard InChI is InChI=1S/C19H16N2O2/c1-2-12-20-18(22)17-13-14-8-6-7-11-16(14)19(23)21(17)15-9-4-3-5-10-15/h2-11,13H,1,12H2,(H,20,22). The molecule has 0 saturated heterocycles. The Kier molecular flexibility index (Phi) is 4.06. The summed E-state index contributed by atoms with van der Waals surface area (Å²) < 4.78 is 1.45. The minimum Gasteiger partial charge on any atom is -0.347 e. The molecule has 4 heteroatoms. The summed E-state index contributed by atoms with van der Waals surface area (Å²) >= 11 is 0. The van der Waals surface area contributed by atoms with Crippen molar-refractivity contribution in [2.45, 2.75) is 0 Å². The van der Waals surface area contributed by atoms with Gasteiger partial charge in [0.25, 0.3) is 11.5 Å². The van der Waals surface area contributed by atoms with Gasteiger partial charge in [0.1, 0.15) is 5.69 Å². The Morgan fingerprint density at radius 1 is 1.09 bits per heavy atom. The van der Waals surface area contributed by atoms with Crippen LogP contribution in [-0.4, -0.2) is 17.0 Å². The molecular weight excluding hydrogens is 288 g/mol. The van der Waals surface area contributed by atoms with Crippen LogP contribution in [0.5, 0.6) is 0 Å². The van der Waals surface area contributed by atoms with Crippen molar-refractivity contribution in [3.8, 4) is 5.69 Å². The fraction of sp³-hybridized carbons (Fsp3) is 0.0526. The Hall–Kier alpha value is -3.14. The van der Waals surface area contributed by atoms with E-state index in [1.165, 1.54) is 4.57 Å². The van der Waals surface area contributed by atoms with E-state index >= 15 is 0 Å². The van der Waals surface area contributed by atoms with Gasteiger partial charge in [-0.2, -0.15) is 0 Å². The molecule has 0 spiro atoms. The summed E-state index contributed by atoms with van der Waals surface area (Å²) in [6.07, 6.45) is 1.60. The highest BCUT2D eigenvalue weighted by molar-refractivity contribution is 5.97. The molecule has 0 radical (unpaired) electrons. The maximum absolute atomic E-state index is 12.9. The summed E-state index contributed by atoms with van der Waals surface area (Å²) in [4.78, 5) is 25.4. The van der Waals surface area contributed by atoms with Gasteiger partial charge in [0.15, 0.2) is 0 Å². The molecule has 0 bridgehead atoms. The van der Waals surface area contributed by atoms with Crippen LogP contribution in [0.4, 0.5) is 0 Å². The van der Waals surface area contributed by atoms with Crippen molar-refractivity contribution in [3.05, 3.63) is 89.4 Å². The van der Waals surface area contributed by atoms with Crippen molar-refractivity contribution in [2.75, 3.05) is 6.54 Å². The monoisotopic (exact) mass is 304 g/mol. The van der Waals surface area contributed by atoms with Gasteiger partial charge in [0.05, 0.1) is 0 Å². The van der Waals surface area contributed by atoms with E-state index in [1.807, 2.05) is 36.4 Å². The average molecular weight is 304 g/mol. The number of nitrogens with one attached hydrogen (secondary N) is 1. The van der Waals surface area contributed by atoms with E-state index < -0.39 is 0 Å². The minimum absolute atomic E-state index is 0.210. The smallest absolute Gasteiger partial charge is 0.268 e. The highest BCUT2D eigenvalue weighted by Crippen LogP contribution is 2.16. The number of carbonyl (C=O) groups excluding carboxylic acids is 1. The molecule has 2 aromatic carbocycles. The number of nitrogens with zero attached hydrogens (tertiary/aromatic N) is 1. The Balaban J connectivity index is 2.30. The zero-order valence-electron chi connectivity index (χ0n) is 12.5. The molecular formula is C19H16N2O2. The first-order valence-corrected chi connectivity index (χ1v) is 7.31. The second kappa shape index (κ2) is 6.32. The van der Waals surface area contributed by atoms with Gasteiger partial charge in [0.2, 0.25) is 0 Å². The molecule has 1 aromatic heterocycles. The molecule has 1 amide bonds. The molecule has 4 nitrogen and oxygen atoms in total. The van der Waals surface area contributed by atoms with Gasteiger partial charge in [-0.15, -0.1) is 6.58 Å². The zero-order chi connectivity index (χ0) is 16.2. The van der Waals surface area contributed by atoms with Crippen LogP contribution in [0.1, 0.15) is 10.5 Å². The lowest BCUT2D eigenvalue weighted by Gasteiger charge is -2.14. The predicted molar refractivity (Wildman–Crippen MR) is 92.1 cm³/mol. The Bertz CT molecular complexity index is 927. The first kappa shape index (κ1) is 14.8. The van der Waals surface area contributed by atoms with Crippen LogP contribution < -0.4 is 10.9 Å². The number of aromatic nitrogens is 1. The highest BCUT2D eigenvalue weighted by Gasteiger charge is 2.16. The van der Waals surface area contributed by atoms with E-state index in [2.05, 4.69) is 11.9 Å². The number of rotatable bonds is 4. The van der Waals surface area contributed by atoms with Gasteiger partial charge < -0.3 is 5.32 Å². The van der Waals surface area contributed by atoms with Crippen LogP contribution in [0.2, 0.25) is 0 Å². The molecule has 0 saturated carbocycles. The van der Waals surface area contributed by atoms with E-state index in [0.29, 0.717) is 23.3 Å². The number of pyridine rings is 1. The molecule has 0 unspecified atom stereocenters. The average Bonchev–Trinajstić information content (AvgIpc) is 2.60. The number of carbonyl (C=O) groups is 1. The molecule has 0 aliphatic heterocycles. The molecule has 3 rings (SSSR count). The number of hydrogen-bond acceptors (Lipinski definition) is 2. The van der Waals surface area contributed by atoms with Gasteiger partial charge in [0, 0.05) is 17.6 Å². The molecule has 23 heavy (non-hydrogen) atoms. The Morgan fingerprint density at radius 2 is 1.78 bits per heavy atom. The lowest BCUT2D eigenvalue weighted by Crippen LogP contribution is -2.31. The van der Waals surface area contributed by atoms with Gasteiger partial charge in [-0.1, -0.05) is 42.5 Å². The lowest BCUT2D eigenvalue weighted by molar-refractivity contribution is 0.0950. The van der Waals surface area contributed by atoms with E-state index in [0.717, 1.165) is 5.39 Å². The van der Waals surface area contributed by atoms with Crippen LogP contribution in [-0.2, 0) is 0 Å². The maximum atomic E-state index is 12.9. The van der Waals surface area contributed by atoms with Gasteiger partial charge >= 0.3 is 0 Å². The second-order valence-corrected chi connectivity index (χ2v) is 5.09. The van der Waals surface area contributed by atoms with Crippen LogP contribution in [0.15, 0.2) is 78.1 Å². The van der Waals surface area contributed by atoms with Crippen molar-refractivity contribution in [1.29, 1.82) is 0 Å². The highest BCUT2D eigenvalue weighted by atomic mass is 16.2. The minimum atomic E-state index is -0.309. The number of benzene rings is 2. The number of amides is 1. The SMILES string of the molecule is C=CCNC(=O)c1cc2ccccc2c(=O)n1-c1ccccc1. The summed E-state index contributed by atoms with van der Waals surface area (Å²) in [6, 6.07) is 18.1. The van der Waals surface area contributed by atoms with E-state index in [4.69, 9.17) is 0 Å². The molecule has 3 aromatic rings. The van der Waals surface area contributed by atoms with Gasteiger partial charge in [-0.05, 0) is 29.7 Å². The fourth-order valence-electron chi connectivity index (χ4n) is 2.52. The molecule has 0 atom stereocenters. The van der Waals surface area contributed by atoms with Crippen molar-refractivity contribution < 1.29 is 4.79 Å². The van der Waals surface area contributed by atoms with Gasteiger partial charge in [-0.25, -0.2) is 0 Å². The summed E-state index contributed by atoms with van der Waals surface area (Å²) in [5, 5.41) is 4.06. The third-order valence-corrected chi connectivity index (χ3v) is 3.58. The van der Waals surface area contributed by atoms with Gasteiger partial charge in [-0.3, -0.25) is 14.2 Å². The zero-order valence-corrected chi connectivity index (χ0v) is 12.5. The maximum Gasteiger partial charge on any atom is 0.268 e. The normalized spacial score (nSPS) is 10.4. The summed E-state index contributed by atoms with van der Waals surface area (Å²) in [5.74, 6) is -0.309. The van der Waals surface area contributed by atoms with E-state index in [9.17, 15) is 9.59 Å². The van der Waals surface area contributed by atoms with E-state index in [1.54, 1.807) is 30.3 Å². The number of para-hydroxylation sites is 1. The largest absolute Gasteiger partial charge is 0.347 e. The second-order valence-electron chi connectivity index (χ2n) is 5.09. The predicted octanol–water partition coefficient (Wildman–Crippen LogP) is 2.91. The third kappa shape index (κ3) is 2.79. The molecule has 0 aliphatic rings. The summed E-state index contributed by atoms with van der Waals surface area (Å²) in [7, 11) is 0. The number of fused-ring (bicyclic) bond motifs is 1. The first-order valence-electron chi connectivity index (χ1n) is 7.31. The molecule has 1 N–H and O–H groups in total. The Morgan fingerprint density at radius 3 is 2.52 bits per heavy atom. The molecule has 0 fully saturated rings. The molecule has 1 heterocycles. The summed E-state index contributed by atoms with van der Waals surface area (Å²) in [6.45, 7) is 3.93. The van der Waals surface area contributed by atoms with Crippen molar-refractivity contribution in [3.63, 3.8) is 0 Å². The fourth-order valence-corrected chi connectivity index (χ4v) is 2.52. The number of hydrogen-bond donors (Lipinski definition) is 1. The van der Waals surface area contributed by atoms with Crippen molar-refractivity contribution >= 4 is 16.7 Å². The molecule has 114 valence electrons. The van der Waals surface area contributed by atoms with Crippen molar-refractivity contribution in [1.82, 2.24) is 9.88 Å². The molecule has 0 aliphatic carbocycles. The van der Waals surface area contributed by atoms with E-state index in [-0.39, 0.29) is 11.5 Å². The lowest BCUT2D eigenvalue weighted by atomic mass is 10.1. The Labute approximate surface area is 133 Å². The third-order valence-electron chi connectivity index (χ3n) is 3.58. The first-order chi connectivity index (χ1) is 11.2. The quantitative estimate of drug-likeness (QED) is 0.754.